The smallest absolute Gasteiger partial charge is 0.115 e. The van der Waals surface area contributed by atoms with Gasteiger partial charge in [-0.15, -0.1) is 12.4 Å². The molecule has 2 aromatic rings. The number of rotatable bonds is 5. The van der Waals surface area contributed by atoms with Gasteiger partial charge < -0.3 is 15.5 Å². The number of benzene rings is 2. The van der Waals surface area contributed by atoms with E-state index in [1.807, 2.05) is 36.4 Å². The fraction of sp³-hybridized carbons (Fsp3) is 0.400. The molecule has 1 aliphatic rings. The van der Waals surface area contributed by atoms with E-state index in [1.165, 1.54) is 5.56 Å². The van der Waals surface area contributed by atoms with Crippen molar-refractivity contribution < 1.29 is 10.2 Å². The maximum absolute atomic E-state index is 10.3. The Labute approximate surface area is 160 Å². The molecule has 0 bridgehead atoms. The van der Waals surface area contributed by atoms with Crippen LogP contribution in [0.3, 0.4) is 0 Å². The Hall–Kier alpha value is -1.26. The fourth-order valence-corrected chi connectivity index (χ4v) is 3.77. The van der Waals surface area contributed by atoms with Crippen LogP contribution in [0.5, 0.6) is 5.75 Å². The fourth-order valence-electron chi connectivity index (χ4n) is 3.57. The summed E-state index contributed by atoms with van der Waals surface area (Å²) in [5.41, 5.74) is 2.05. The standard InChI is InChI=1S/C20H24ClNO2.ClH/c21-17-7-1-6-16(10-17)20(24)13-22-18-8-2-4-14(11-18)15-5-3-9-19(23)12-15;/h1,3,5-7,9-10,12,14,18,20,22-24H,2,4,8,11,13H2;1H/t14?,18?,20-;/m0./s1. The van der Waals surface area contributed by atoms with Gasteiger partial charge in [0.1, 0.15) is 5.75 Å². The maximum atomic E-state index is 10.3. The highest BCUT2D eigenvalue weighted by atomic mass is 35.5. The van der Waals surface area contributed by atoms with Crippen molar-refractivity contribution in [2.75, 3.05) is 6.54 Å². The summed E-state index contributed by atoms with van der Waals surface area (Å²) < 4.78 is 0. The number of aliphatic hydroxyl groups excluding tert-OH is 1. The van der Waals surface area contributed by atoms with Gasteiger partial charge in [-0.25, -0.2) is 0 Å². The molecule has 136 valence electrons. The highest BCUT2D eigenvalue weighted by molar-refractivity contribution is 6.30. The van der Waals surface area contributed by atoms with Gasteiger partial charge in [-0.2, -0.15) is 0 Å². The summed E-state index contributed by atoms with van der Waals surface area (Å²) >= 11 is 5.99. The van der Waals surface area contributed by atoms with Crippen molar-refractivity contribution in [3.63, 3.8) is 0 Å². The van der Waals surface area contributed by atoms with Gasteiger partial charge in [-0.05, 0) is 60.6 Å². The van der Waals surface area contributed by atoms with Gasteiger partial charge in [0, 0.05) is 17.6 Å². The van der Waals surface area contributed by atoms with Crippen LogP contribution >= 0.6 is 24.0 Å². The Morgan fingerprint density at radius 3 is 2.68 bits per heavy atom. The summed E-state index contributed by atoms with van der Waals surface area (Å²) in [5, 5.41) is 24.2. The largest absolute Gasteiger partial charge is 0.508 e. The molecule has 3 nitrogen and oxygen atoms in total. The minimum Gasteiger partial charge on any atom is -0.508 e. The number of nitrogens with one attached hydrogen (secondary N) is 1. The van der Waals surface area contributed by atoms with Crippen LogP contribution < -0.4 is 5.32 Å². The lowest BCUT2D eigenvalue weighted by Gasteiger charge is -2.31. The molecule has 1 saturated carbocycles. The third-order valence-corrected chi connectivity index (χ3v) is 5.08. The van der Waals surface area contributed by atoms with Gasteiger partial charge in [0.25, 0.3) is 0 Å². The zero-order valence-electron chi connectivity index (χ0n) is 14.1. The number of aromatic hydroxyl groups is 1. The average molecular weight is 382 g/mol. The van der Waals surface area contributed by atoms with Gasteiger partial charge in [0.05, 0.1) is 6.10 Å². The third-order valence-electron chi connectivity index (χ3n) is 4.85. The number of hydrogen-bond acceptors (Lipinski definition) is 3. The van der Waals surface area contributed by atoms with E-state index in [4.69, 9.17) is 11.6 Å². The van der Waals surface area contributed by atoms with Crippen LogP contribution in [-0.2, 0) is 0 Å². The molecule has 0 amide bonds. The van der Waals surface area contributed by atoms with E-state index >= 15 is 0 Å². The topological polar surface area (TPSA) is 52.5 Å². The minimum absolute atomic E-state index is 0. The highest BCUT2D eigenvalue weighted by Crippen LogP contribution is 2.34. The Morgan fingerprint density at radius 1 is 1.12 bits per heavy atom. The summed E-state index contributed by atoms with van der Waals surface area (Å²) in [6, 6.07) is 15.3. The average Bonchev–Trinajstić information content (AvgIpc) is 2.60. The van der Waals surface area contributed by atoms with Crippen LogP contribution in [0.15, 0.2) is 48.5 Å². The van der Waals surface area contributed by atoms with Crippen molar-refractivity contribution in [3.05, 3.63) is 64.7 Å². The molecule has 0 aliphatic heterocycles. The molecular formula is C20H25Cl2NO2. The highest BCUT2D eigenvalue weighted by Gasteiger charge is 2.23. The SMILES string of the molecule is Cl.Oc1cccc(C2CCCC(NC[C@H](O)c3cccc(Cl)c3)C2)c1. The lowest BCUT2D eigenvalue weighted by molar-refractivity contribution is 0.164. The number of phenols is 1. The Bertz CT molecular complexity index is 680. The van der Waals surface area contributed by atoms with E-state index in [-0.39, 0.29) is 12.4 Å². The number of aliphatic hydroxyl groups is 1. The Morgan fingerprint density at radius 2 is 1.92 bits per heavy atom. The van der Waals surface area contributed by atoms with E-state index in [0.29, 0.717) is 29.3 Å². The van der Waals surface area contributed by atoms with Crippen molar-refractivity contribution in [2.45, 2.75) is 43.7 Å². The van der Waals surface area contributed by atoms with Crippen molar-refractivity contribution in [1.29, 1.82) is 0 Å². The Kier molecular flexibility index (Phi) is 7.57. The molecule has 3 atom stereocenters. The van der Waals surface area contributed by atoms with Crippen LogP contribution in [0.2, 0.25) is 5.02 Å². The van der Waals surface area contributed by atoms with Gasteiger partial charge >= 0.3 is 0 Å². The molecule has 25 heavy (non-hydrogen) atoms. The predicted molar refractivity (Wildman–Crippen MR) is 105 cm³/mol. The van der Waals surface area contributed by atoms with E-state index < -0.39 is 6.10 Å². The number of phenolic OH excluding ortho intramolecular Hbond substituents is 1. The monoisotopic (exact) mass is 381 g/mol. The minimum atomic E-state index is -0.551. The summed E-state index contributed by atoms with van der Waals surface area (Å²) in [5.74, 6) is 0.797. The first-order valence-corrected chi connectivity index (χ1v) is 8.95. The summed E-state index contributed by atoms with van der Waals surface area (Å²) in [6.07, 6.45) is 3.91. The second-order valence-corrected chi connectivity index (χ2v) is 7.07. The molecule has 1 fully saturated rings. The first kappa shape index (κ1) is 20.1. The second-order valence-electron chi connectivity index (χ2n) is 6.63. The molecule has 1 aliphatic carbocycles. The van der Waals surface area contributed by atoms with Gasteiger partial charge in [-0.1, -0.05) is 42.3 Å². The lowest BCUT2D eigenvalue weighted by Crippen LogP contribution is -2.36. The van der Waals surface area contributed by atoms with Crippen LogP contribution in [0.1, 0.15) is 48.8 Å². The third kappa shape index (κ3) is 5.61. The van der Waals surface area contributed by atoms with Crippen LogP contribution in [-0.4, -0.2) is 22.8 Å². The Balaban J connectivity index is 0.00000225. The molecule has 0 radical (unpaired) electrons. The zero-order valence-corrected chi connectivity index (χ0v) is 15.6. The van der Waals surface area contributed by atoms with Crippen LogP contribution in [0, 0.1) is 0 Å². The van der Waals surface area contributed by atoms with Gasteiger partial charge in [0.15, 0.2) is 0 Å². The van der Waals surface area contributed by atoms with Crippen molar-refractivity contribution in [3.8, 4) is 5.75 Å². The van der Waals surface area contributed by atoms with E-state index in [9.17, 15) is 10.2 Å². The summed E-state index contributed by atoms with van der Waals surface area (Å²) in [6.45, 7) is 0.526. The molecular weight excluding hydrogens is 357 g/mol. The molecule has 5 heteroatoms. The maximum Gasteiger partial charge on any atom is 0.115 e. The van der Waals surface area contributed by atoms with E-state index in [0.717, 1.165) is 31.2 Å². The predicted octanol–water partition coefficient (Wildman–Crippen LogP) is 4.82. The van der Waals surface area contributed by atoms with Crippen molar-refractivity contribution >= 4 is 24.0 Å². The lowest BCUT2D eigenvalue weighted by atomic mass is 9.81. The molecule has 0 heterocycles. The molecule has 3 rings (SSSR count). The zero-order chi connectivity index (χ0) is 16.9. The molecule has 0 saturated heterocycles. The van der Waals surface area contributed by atoms with Gasteiger partial charge in [-0.3, -0.25) is 0 Å². The van der Waals surface area contributed by atoms with Crippen LogP contribution in [0.4, 0.5) is 0 Å². The quantitative estimate of drug-likeness (QED) is 0.695. The molecule has 0 aromatic heterocycles. The van der Waals surface area contributed by atoms with E-state index in [2.05, 4.69) is 11.4 Å². The second kappa shape index (κ2) is 9.44. The molecule has 2 unspecified atom stereocenters. The van der Waals surface area contributed by atoms with Gasteiger partial charge in [0.2, 0.25) is 0 Å². The number of halogens is 2. The summed E-state index contributed by atoms with van der Waals surface area (Å²) in [4.78, 5) is 0. The van der Waals surface area contributed by atoms with E-state index in [1.54, 1.807) is 6.07 Å². The molecule has 0 spiro atoms. The normalized spacial score (nSPS) is 21.4. The number of hydrogen-bond donors (Lipinski definition) is 3. The van der Waals surface area contributed by atoms with Crippen molar-refractivity contribution in [1.82, 2.24) is 5.32 Å². The summed E-state index contributed by atoms with van der Waals surface area (Å²) in [7, 11) is 0. The van der Waals surface area contributed by atoms with Crippen molar-refractivity contribution in [2.24, 2.45) is 0 Å². The molecule has 3 N–H and O–H groups in total. The first-order chi connectivity index (χ1) is 11.6. The van der Waals surface area contributed by atoms with Crippen LogP contribution in [0.25, 0.3) is 0 Å². The molecule has 2 aromatic carbocycles. The first-order valence-electron chi connectivity index (χ1n) is 8.57.